The van der Waals surface area contributed by atoms with Crippen LogP contribution in [-0.4, -0.2) is 45.7 Å². The molecule has 4 rings (SSSR count). The highest BCUT2D eigenvalue weighted by Crippen LogP contribution is 2.31. The number of imide groups is 1. The quantitative estimate of drug-likeness (QED) is 0.472. The Hall–Kier alpha value is -3.75. The van der Waals surface area contributed by atoms with Gasteiger partial charge in [0.2, 0.25) is 5.91 Å². The number of hydrogen-bond donors (Lipinski definition) is 1. The van der Waals surface area contributed by atoms with Crippen molar-refractivity contribution in [3.8, 4) is 0 Å². The van der Waals surface area contributed by atoms with E-state index in [2.05, 4.69) is 5.32 Å². The van der Waals surface area contributed by atoms with E-state index < -0.39 is 22.4 Å². The number of nitro benzene ring substituents is 1. The van der Waals surface area contributed by atoms with Crippen molar-refractivity contribution in [1.29, 1.82) is 0 Å². The van der Waals surface area contributed by atoms with Crippen molar-refractivity contribution in [1.82, 2.24) is 15.1 Å². The monoisotopic (exact) mass is 408 g/mol. The van der Waals surface area contributed by atoms with Crippen molar-refractivity contribution in [2.45, 2.75) is 25.4 Å². The number of nitrogens with zero attached hydrogens (tertiary/aromatic N) is 3. The molecular formula is C21H20N4O5. The van der Waals surface area contributed by atoms with Gasteiger partial charge < -0.3 is 10.2 Å². The van der Waals surface area contributed by atoms with Gasteiger partial charge in [-0.1, -0.05) is 36.4 Å². The van der Waals surface area contributed by atoms with E-state index in [1.54, 1.807) is 4.90 Å². The van der Waals surface area contributed by atoms with Gasteiger partial charge in [-0.3, -0.25) is 24.6 Å². The zero-order valence-corrected chi connectivity index (χ0v) is 16.3. The van der Waals surface area contributed by atoms with Crippen molar-refractivity contribution >= 4 is 23.5 Å². The summed E-state index contributed by atoms with van der Waals surface area (Å²) in [5.41, 5.74) is 0.873. The largest absolute Gasteiger partial charge is 0.336 e. The summed E-state index contributed by atoms with van der Waals surface area (Å²) in [6.07, 6.45) is 0.716. The van der Waals surface area contributed by atoms with Crippen LogP contribution in [0.25, 0.3) is 0 Å². The molecule has 4 amide bonds. The molecule has 2 aliphatic rings. The fourth-order valence-corrected chi connectivity index (χ4v) is 3.91. The molecule has 1 N–H and O–H groups in total. The number of amides is 4. The predicted molar refractivity (Wildman–Crippen MR) is 106 cm³/mol. The molecule has 1 unspecified atom stereocenters. The Bertz CT molecular complexity index is 1070. The normalized spacial score (nSPS) is 20.7. The highest BCUT2D eigenvalue weighted by Gasteiger charge is 2.50. The maximum Gasteiger partial charge on any atom is 0.325 e. The first kappa shape index (κ1) is 19.6. The number of benzene rings is 2. The van der Waals surface area contributed by atoms with Crippen molar-refractivity contribution < 1.29 is 19.3 Å². The molecule has 2 heterocycles. The van der Waals surface area contributed by atoms with Gasteiger partial charge in [0.25, 0.3) is 11.6 Å². The third-order valence-electron chi connectivity index (χ3n) is 5.69. The molecule has 0 bridgehead atoms. The molecule has 30 heavy (non-hydrogen) atoms. The maximum atomic E-state index is 13.0. The number of fused-ring (bicyclic) bond motifs is 1. The summed E-state index contributed by atoms with van der Waals surface area (Å²) < 4.78 is 0. The standard InChI is InChI=1S/C21H20N4O5/c1-21(16-7-4-8-17(11-16)25(29)30)19(27)24(20(28)22-21)13-18(26)23-10-9-14-5-2-3-6-15(14)12-23/h2-8,11H,9-10,12-13H2,1H3,(H,22,28). The fourth-order valence-electron chi connectivity index (χ4n) is 3.91. The Morgan fingerprint density at radius 1 is 1.17 bits per heavy atom. The molecular weight excluding hydrogens is 388 g/mol. The Balaban J connectivity index is 1.51. The Morgan fingerprint density at radius 2 is 1.90 bits per heavy atom. The van der Waals surface area contributed by atoms with E-state index in [-0.39, 0.29) is 23.7 Å². The molecule has 154 valence electrons. The second-order valence-electron chi connectivity index (χ2n) is 7.59. The maximum absolute atomic E-state index is 13.0. The molecule has 1 fully saturated rings. The summed E-state index contributed by atoms with van der Waals surface area (Å²) in [5.74, 6) is -0.935. The minimum Gasteiger partial charge on any atom is -0.336 e. The lowest BCUT2D eigenvalue weighted by atomic mass is 9.91. The third-order valence-corrected chi connectivity index (χ3v) is 5.69. The first-order valence-electron chi connectivity index (χ1n) is 9.53. The van der Waals surface area contributed by atoms with Gasteiger partial charge in [0.1, 0.15) is 12.1 Å². The first-order chi connectivity index (χ1) is 14.3. The molecule has 0 radical (unpaired) electrons. The van der Waals surface area contributed by atoms with E-state index in [1.807, 2.05) is 24.3 Å². The topological polar surface area (TPSA) is 113 Å². The number of non-ortho nitro benzene ring substituents is 1. The van der Waals surface area contributed by atoms with Crippen LogP contribution < -0.4 is 5.32 Å². The van der Waals surface area contributed by atoms with Gasteiger partial charge in [-0.15, -0.1) is 0 Å². The lowest BCUT2D eigenvalue weighted by Crippen LogP contribution is -2.45. The zero-order valence-electron chi connectivity index (χ0n) is 16.3. The summed E-state index contributed by atoms with van der Waals surface area (Å²) in [6, 6.07) is 12.7. The molecule has 2 aliphatic heterocycles. The first-order valence-corrected chi connectivity index (χ1v) is 9.53. The van der Waals surface area contributed by atoms with Crippen LogP contribution in [0.4, 0.5) is 10.5 Å². The summed E-state index contributed by atoms with van der Waals surface area (Å²) in [7, 11) is 0. The van der Waals surface area contributed by atoms with E-state index >= 15 is 0 Å². The third kappa shape index (κ3) is 3.28. The van der Waals surface area contributed by atoms with E-state index in [0.717, 1.165) is 10.5 Å². The average Bonchev–Trinajstić information content (AvgIpc) is 2.97. The SMILES string of the molecule is CC1(c2cccc([N+](=O)[O-])c2)NC(=O)N(CC(=O)N2CCc3ccccc3C2)C1=O. The molecule has 0 spiro atoms. The second-order valence-corrected chi connectivity index (χ2v) is 7.59. The lowest BCUT2D eigenvalue weighted by Gasteiger charge is -2.30. The number of rotatable bonds is 4. The van der Waals surface area contributed by atoms with Gasteiger partial charge in [-0.2, -0.15) is 0 Å². The number of carbonyl (C=O) groups is 3. The van der Waals surface area contributed by atoms with E-state index in [1.165, 1.54) is 36.8 Å². The number of urea groups is 1. The van der Waals surface area contributed by atoms with Gasteiger partial charge >= 0.3 is 6.03 Å². The summed E-state index contributed by atoms with van der Waals surface area (Å²) in [4.78, 5) is 51.4. The second kappa shape index (κ2) is 7.25. The van der Waals surface area contributed by atoms with Crippen molar-refractivity contribution in [2.24, 2.45) is 0 Å². The zero-order chi connectivity index (χ0) is 21.5. The molecule has 2 aromatic rings. The average molecular weight is 408 g/mol. The van der Waals surface area contributed by atoms with Crippen molar-refractivity contribution in [2.75, 3.05) is 13.1 Å². The van der Waals surface area contributed by atoms with Crippen LogP contribution in [-0.2, 0) is 28.1 Å². The summed E-state index contributed by atoms with van der Waals surface area (Å²) >= 11 is 0. The van der Waals surface area contributed by atoms with E-state index in [0.29, 0.717) is 19.5 Å². The number of carbonyl (C=O) groups excluding carboxylic acids is 3. The van der Waals surface area contributed by atoms with E-state index in [9.17, 15) is 24.5 Å². The minimum absolute atomic E-state index is 0.183. The molecule has 9 nitrogen and oxygen atoms in total. The van der Waals surface area contributed by atoms with Crippen molar-refractivity contribution in [3.63, 3.8) is 0 Å². The van der Waals surface area contributed by atoms with Crippen LogP contribution in [0.1, 0.15) is 23.6 Å². The van der Waals surface area contributed by atoms with Crippen LogP contribution in [0.5, 0.6) is 0 Å². The summed E-state index contributed by atoms with van der Waals surface area (Å²) in [5, 5.41) is 13.6. The fraction of sp³-hybridized carbons (Fsp3) is 0.286. The molecule has 1 saturated heterocycles. The summed E-state index contributed by atoms with van der Waals surface area (Å²) in [6.45, 7) is 2.05. The predicted octanol–water partition coefficient (Wildman–Crippen LogP) is 1.95. The van der Waals surface area contributed by atoms with Gasteiger partial charge in [0.15, 0.2) is 0 Å². The smallest absolute Gasteiger partial charge is 0.325 e. The van der Waals surface area contributed by atoms with Gasteiger partial charge in [0.05, 0.1) is 4.92 Å². The Kier molecular flexibility index (Phi) is 4.73. The van der Waals surface area contributed by atoms with Crippen LogP contribution in [0.2, 0.25) is 0 Å². The highest BCUT2D eigenvalue weighted by atomic mass is 16.6. The molecule has 0 aromatic heterocycles. The van der Waals surface area contributed by atoms with Gasteiger partial charge in [-0.25, -0.2) is 4.79 Å². The molecule has 0 saturated carbocycles. The Morgan fingerprint density at radius 3 is 2.63 bits per heavy atom. The number of nitrogens with one attached hydrogen (secondary N) is 1. The minimum atomic E-state index is -1.47. The molecule has 9 heteroatoms. The van der Waals surface area contributed by atoms with Crippen LogP contribution in [0.3, 0.4) is 0 Å². The number of hydrogen-bond acceptors (Lipinski definition) is 5. The van der Waals surface area contributed by atoms with Crippen LogP contribution in [0.15, 0.2) is 48.5 Å². The molecule has 2 aromatic carbocycles. The highest BCUT2D eigenvalue weighted by molar-refractivity contribution is 6.09. The number of nitro groups is 1. The van der Waals surface area contributed by atoms with Gasteiger partial charge in [-0.05, 0) is 30.0 Å². The molecule has 0 aliphatic carbocycles. The lowest BCUT2D eigenvalue weighted by molar-refractivity contribution is -0.385. The van der Waals surface area contributed by atoms with Crippen LogP contribution >= 0.6 is 0 Å². The Labute approximate surface area is 172 Å². The molecule has 1 atom stereocenters. The van der Waals surface area contributed by atoms with E-state index in [4.69, 9.17) is 0 Å². The van der Waals surface area contributed by atoms with Crippen molar-refractivity contribution in [3.05, 3.63) is 75.3 Å². The van der Waals surface area contributed by atoms with Crippen LogP contribution in [0, 0.1) is 10.1 Å². The van der Waals surface area contributed by atoms with Gasteiger partial charge in [0, 0.05) is 25.2 Å².